The zero-order valence-electron chi connectivity index (χ0n) is 8.17. The van der Waals surface area contributed by atoms with Crippen molar-refractivity contribution in [2.75, 3.05) is 13.7 Å². The fourth-order valence-electron chi connectivity index (χ4n) is 1.09. The number of esters is 1. The first-order valence-electron chi connectivity index (χ1n) is 4.28. The van der Waals surface area contributed by atoms with Crippen molar-refractivity contribution >= 4 is 5.97 Å². The molecule has 0 spiro atoms. The molecular formula is C10H11F2NO2. The Morgan fingerprint density at radius 1 is 1.40 bits per heavy atom. The van der Waals surface area contributed by atoms with Gasteiger partial charge >= 0.3 is 5.97 Å². The number of halogens is 2. The Bertz CT molecular complexity index is 349. The van der Waals surface area contributed by atoms with Gasteiger partial charge in [-0.2, -0.15) is 8.78 Å². The molecule has 82 valence electrons. The Labute approximate surface area is 85.8 Å². The summed E-state index contributed by atoms with van der Waals surface area (Å²) in [6, 6.07) is 4.90. The lowest BCUT2D eigenvalue weighted by Crippen LogP contribution is -2.25. The number of methoxy groups -OCH3 is 1. The number of benzene rings is 1. The number of carbonyl (C=O) groups excluding carboxylic acids is 1. The summed E-state index contributed by atoms with van der Waals surface area (Å²) >= 11 is 0. The lowest BCUT2D eigenvalue weighted by molar-refractivity contribution is 0.00588. The fourth-order valence-corrected chi connectivity index (χ4v) is 1.09. The van der Waals surface area contributed by atoms with Crippen LogP contribution >= 0.6 is 0 Å². The van der Waals surface area contributed by atoms with Crippen LogP contribution in [0, 0.1) is 0 Å². The van der Waals surface area contributed by atoms with Gasteiger partial charge in [-0.1, -0.05) is 12.1 Å². The second-order valence-electron chi connectivity index (χ2n) is 2.98. The molecule has 0 aliphatic carbocycles. The van der Waals surface area contributed by atoms with E-state index in [2.05, 4.69) is 4.74 Å². The van der Waals surface area contributed by atoms with Gasteiger partial charge in [0.2, 0.25) is 0 Å². The van der Waals surface area contributed by atoms with Gasteiger partial charge in [-0.3, -0.25) is 0 Å². The Balaban J connectivity index is 2.95. The molecule has 1 rings (SSSR count). The van der Waals surface area contributed by atoms with Crippen molar-refractivity contribution in [2.24, 2.45) is 5.73 Å². The summed E-state index contributed by atoms with van der Waals surface area (Å²) in [5, 5.41) is 0. The van der Waals surface area contributed by atoms with Crippen molar-refractivity contribution in [3.8, 4) is 0 Å². The summed E-state index contributed by atoms with van der Waals surface area (Å²) in [6.07, 6.45) is 0. The van der Waals surface area contributed by atoms with Gasteiger partial charge in [0.25, 0.3) is 5.92 Å². The van der Waals surface area contributed by atoms with Crippen LogP contribution in [0.25, 0.3) is 0 Å². The molecule has 0 heterocycles. The van der Waals surface area contributed by atoms with Gasteiger partial charge in [-0.05, 0) is 12.1 Å². The molecule has 0 unspecified atom stereocenters. The minimum Gasteiger partial charge on any atom is -0.465 e. The summed E-state index contributed by atoms with van der Waals surface area (Å²) in [5.41, 5.74) is 4.94. The van der Waals surface area contributed by atoms with E-state index in [1.54, 1.807) is 0 Å². The van der Waals surface area contributed by atoms with E-state index < -0.39 is 18.4 Å². The van der Waals surface area contributed by atoms with E-state index in [1.807, 2.05) is 0 Å². The average Bonchev–Trinajstić information content (AvgIpc) is 2.28. The highest BCUT2D eigenvalue weighted by atomic mass is 19.3. The highest BCUT2D eigenvalue weighted by Crippen LogP contribution is 2.26. The minimum atomic E-state index is -3.06. The molecule has 0 aliphatic rings. The lowest BCUT2D eigenvalue weighted by atomic mass is 10.1. The number of hydrogen-bond donors (Lipinski definition) is 1. The molecule has 5 heteroatoms. The molecule has 2 N–H and O–H groups in total. The molecule has 1 aromatic rings. The van der Waals surface area contributed by atoms with Gasteiger partial charge in [-0.25, -0.2) is 4.79 Å². The van der Waals surface area contributed by atoms with E-state index in [4.69, 9.17) is 5.73 Å². The molecule has 0 fully saturated rings. The van der Waals surface area contributed by atoms with Crippen LogP contribution < -0.4 is 5.73 Å². The minimum absolute atomic E-state index is 0.211. The SMILES string of the molecule is COC(=O)c1ccc(C(F)(F)CN)cc1. The maximum atomic E-state index is 13.1. The number of hydrogen-bond acceptors (Lipinski definition) is 3. The van der Waals surface area contributed by atoms with E-state index in [1.165, 1.54) is 31.4 Å². The van der Waals surface area contributed by atoms with Crippen LogP contribution in [0.15, 0.2) is 24.3 Å². The number of ether oxygens (including phenoxy) is 1. The molecule has 0 bridgehead atoms. The third-order valence-electron chi connectivity index (χ3n) is 1.98. The summed E-state index contributed by atoms with van der Waals surface area (Å²) in [4.78, 5) is 11.0. The normalized spacial score (nSPS) is 11.2. The topological polar surface area (TPSA) is 52.3 Å². The van der Waals surface area contributed by atoms with Crippen LogP contribution in [-0.2, 0) is 10.7 Å². The fraction of sp³-hybridized carbons (Fsp3) is 0.300. The molecule has 0 aromatic heterocycles. The van der Waals surface area contributed by atoms with Gasteiger partial charge < -0.3 is 10.5 Å². The summed E-state index contributed by atoms with van der Waals surface area (Å²) < 4.78 is 30.6. The van der Waals surface area contributed by atoms with Gasteiger partial charge in [-0.15, -0.1) is 0 Å². The van der Waals surface area contributed by atoms with Crippen LogP contribution in [0.4, 0.5) is 8.78 Å². The first kappa shape index (κ1) is 11.6. The predicted molar refractivity (Wildman–Crippen MR) is 50.7 cm³/mol. The molecule has 0 atom stereocenters. The lowest BCUT2D eigenvalue weighted by Gasteiger charge is -2.13. The van der Waals surface area contributed by atoms with Crippen molar-refractivity contribution < 1.29 is 18.3 Å². The standard InChI is InChI=1S/C10H11F2NO2/c1-15-9(14)7-2-4-8(5-3-7)10(11,12)6-13/h2-5H,6,13H2,1H3. The quantitative estimate of drug-likeness (QED) is 0.778. The Morgan fingerprint density at radius 2 is 1.93 bits per heavy atom. The monoisotopic (exact) mass is 215 g/mol. The average molecular weight is 215 g/mol. The van der Waals surface area contributed by atoms with Gasteiger partial charge in [0.05, 0.1) is 19.2 Å². The second kappa shape index (κ2) is 4.35. The molecule has 0 radical (unpaired) electrons. The maximum absolute atomic E-state index is 13.1. The van der Waals surface area contributed by atoms with E-state index in [0.717, 1.165) is 0 Å². The highest BCUT2D eigenvalue weighted by Gasteiger charge is 2.29. The van der Waals surface area contributed by atoms with Gasteiger partial charge in [0, 0.05) is 5.56 Å². The van der Waals surface area contributed by atoms with Crippen LogP contribution in [0.5, 0.6) is 0 Å². The number of nitrogens with two attached hydrogens (primary N) is 1. The molecule has 1 aromatic carbocycles. The van der Waals surface area contributed by atoms with Crippen LogP contribution in [0.2, 0.25) is 0 Å². The Morgan fingerprint density at radius 3 is 2.33 bits per heavy atom. The largest absolute Gasteiger partial charge is 0.465 e. The van der Waals surface area contributed by atoms with E-state index in [-0.39, 0.29) is 11.1 Å². The van der Waals surface area contributed by atoms with Crippen molar-refractivity contribution in [3.05, 3.63) is 35.4 Å². The van der Waals surface area contributed by atoms with E-state index in [9.17, 15) is 13.6 Å². The molecular weight excluding hydrogens is 204 g/mol. The summed E-state index contributed by atoms with van der Waals surface area (Å²) in [5.74, 6) is -3.62. The molecule has 15 heavy (non-hydrogen) atoms. The zero-order chi connectivity index (χ0) is 11.5. The molecule has 0 amide bonds. The van der Waals surface area contributed by atoms with Gasteiger partial charge in [0.1, 0.15) is 0 Å². The predicted octanol–water partition coefficient (Wildman–Crippen LogP) is 1.52. The zero-order valence-corrected chi connectivity index (χ0v) is 8.17. The van der Waals surface area contributed by atoms with E-state index >= 15 is 0 Å². The smallest absolute Gasteiger partial charge is 0.337 e. The molecule has 0 aliphatic heterocycles. The van der Waals surface area contributed by atoms with Gasteiger partial charge in [0.15, 0.2) is 0 Å². The summed E-state index contributed by atoms with van der Waals surface area (Å²) in [6.45, 7) is -0.759. The highest BCUT2D eigenvalue weighted by molar-refractivity contribution is 5.89. The first-order chi connectivity index (χ1) is 7.01. The summed E-state index contributed by atoms with van der Waals surface area (Å²) in [7, 11) is 1.23. The number of carbonyl (C=O) groups is 1. The number of rotatable bonds is 3. The Kier molecular flexibility index (Phi) is 3.36. The third-order valence-corrected chi connectivity index (χ3v) is 1.98. The van der Waals surface area contributed by atoms with Crippen molar-refractivity contribution in [3.63, 3.8) is 0 Å². The van der Waals surface area contributed by atoms with Crippen LogP contribution in [-0.4, -0.2) is 19.6 Å². The maximum Gasteiger partial charge on any atom is 0.337 e. The third kappa shape index (κ3) is 2.50. The number of alkyl halides is 2. The van der Waals surface area contributed by atoms with Crippen LogP contribution in [0.3, 0.4) is 0 Å². The second-order valence-corrected chi connectivity index (χ2v) is 2.98. The van der Waals surface area contributed by atoms with Crippen molar-refractivity contribution in [2.45, 2.75) is 5.92 Å². The van der Waals surface area contributed by atoms with Crippen molar-refractivity contribution in [1.82, 2.24) is 0 Å². The first-order valence-corrected chi connectivity index (χ1v) is 4.28. The van der Waals surface area contributed by atoms with Crippen molar-refractivity contribution in [1.29, 1.82) is 0 Å². The molecule has 3 nitrogen and oxygen atoms in total. The molecule has 0 saturated carbocycles. The van der Waals surface area contributed by atoms with Crippen LogP contribution in [0.1, 0.15) is 15.9 Å². The van der Waals surface area contributed by atoms with E-state index in [0.29, 0.717) is 0 Å². The molecule has 0 saturated heterocycles. The Hall–Kier alpha value is -1.49.